The van der Waals surface area contributed by atoms with Gasteiger partial charge in [0.15, 0.2) is 0 Å². The predicted molar refractivity (Wildman–Crippen MR) is 173 cm³/mol. The first kappa shape index (κ1) is 33.1. The van der Waals surface area contributed by atoms with E-state index in [0.29, 0.717) is 27.9 Å². The highest BCUT2D eigenvalue weighted by molar-refractivity contribution is 6.02. The number of aryl methyl sites for hydroxylation is 3. The van der Waals surface area contributed by atoms with Gasteiger partial charge < -0.3 is 15.0 Å². The molecular formula is C36H27F5N4O4. The molecule has 0 spiro atoms. The molecule has 0 fully saturated rings. The van der Waals surface area contributed by atoms with Gasteiger partial charge in [-0.2, -0.15) is 18.3 Å². The molecule has 0 aliphatic heterocycles. The van der Waals surface area contributed by atoms with Gasteiger partial charge in [0.1, 0.15) is 23.2 Å². The Labute approximate surface area is 274 Å². The summed E-state index contributed by atoms with van der Waals surface area (Å²) in [7, 11) is 1.38. The molecule has 0 aliphatic rings. The number of carboxylic acids is 1. The van der Waals surface area contributed by atoms with Gasteiger partial charge in [0.2, 0.25) is 0 Å². The van der Waals surface area contributed by atoms with Gasteiger partial charge in [-0.25, -0.2) is 13.6 Å². The van der Waals surface area contributed by atoms with Crippen LogP contribution in [-0.2, 0) is 24.4 Å². The van der Waals surface area contributed by atoms with E-state index in [9.17, 15) is 32.7 Å². The molecule has 0 saturated carbocycles. The van der Waals surface area contributed by atoms with Crippen LogP contribution in [0.2, 0.25) is 0 Å². The Morgan fingerprint density at radius 1 is 0.918 bits per heavy atom. The quantitative estimate of drug-likeness (QED) is 0.157. The lowest BCUT2D eigenvalue weighted by molar-refractivity contribution is -0.139. The van der Waals surface area contributed by atoms with Gasteiger partial charge in [-0.05, 0) is 59.5 Å². The third-order valence-corrected chi connectivity index (χ3v) is 8.58. The summed E-state index contributed by atoms with van der Waals surface area (Å²) in [5.41, 5.74) is -1.57. The van der Waals surface area contributed by atoms with E-state index < -0.39 is 64.4 Å². The summed E-state index contributed by atoms with van der Waals surface area (Å²) in [4.78, 5) is 39.0. The maximum absolute atomic E-state index is 15.2. The highest BCUT2D eigenvalue weighted by Crippen LogP contribution is 2.42. The molecule has 0 unspecified atom stereocenters. The van der Waals surface area contributed by atoms with E-state index in [1.165, 1.54) is 61.6 Å². The van der Waals surface area contributed by atoms with Gasteiger partial charge >= 0.3 is 12.1 Å². The van der Waals surface area contributed by atoms with Crippen LogP contribution in [0.25, 0.3) is 43.9 Å². The number of aromatic nitrogens is 3. The first-order chi connectivity index (χ1) is 23.2. The fourth-order valence-electron chi connectivity index (χ4n) is 6.37. The van der Waals surface area contributed by atoms with Gasteiger partial charge in [0, 0.05) is 30.1 Å². The largest absolute Gasteiger partial charge is 0.480 e. The summed E-state index contributed by atoms with van der Waals surface area (Å²) in [6.07, 6.45) is -5.31. The van der Waals surface area contributed by atoms with E-state index in [-0.39, 0.29) is 27.4 Å². The van der Waals surface area contributed by atoms with Crippen LogP contribution < -0.4 is 10.9 Å². The first-order valence-electron chi connectivity index (χ1n) is 14.9. The topological polar surface area (TPSA) is 117 Å². The number of H-pyrrole nitrogens is 1. The zero-order valence-electron chi connectivity index (χ0n) is 26.2. The van der Waals surface area contributed by atoms with E-state index in [2.05, 4.69) is 15.5 Å². The Hall–Kier alpha value is -5.85. The van der Waals surface area contributed by atoms with Crippen molar-refractivity contribution in [2.24, 2.45) is 7.05 Å². The monoisotopic (exact) mass is 674 g/mol. The van der Waals surface area contributed by atoms with E-state index in [0.717, 1.165) is 16.7 Å². The molecule has 8 nitrogen and oxygen atoms in total. The molecule has 3 N–H and O–H groups in total. The van der Waals surface area contributed by atoms with Gasteiger partial charge in [0.05, 0.1) is 22.3 Å². The summed E-state index contributed by atoms with van der Waals surface area (Å²) < 4.78 is 75.5. The van der Waals surface area contributed by atoms with Crippen LogP contribution >= 0.6 is 0 Å². The zero-order valence-corrected chi connectivity index (χ0v) is 26.2. The lowest BCUT2D eigenvalue weighted by Gasteiger charge is -2.20. The van der Waals surface area contributed by atoms with Gasteiger partial charge in [0.25, 0.3) is 11.5 Å². The molecule has 0 radical (unpaired) electrons. The molecule has 13 heteroatoms. The van der Waals surface area contributed by atoms with Crippen LogP contribution in [0.15, 0.2) is 77.6 Å². The number of amides is 1. The Balaban J connectivity index is 1.40. The van der Waals surface area contributed by atoms with Crippen LogP contribution in [0.3, 0.4) is 0 Å². The van der Waals surface area contributed by atoms with Crippen LogP contribution in [0.4, 0.5) is 22.0 Å². The van der Waals surface area contributed by atoms with Crippen molar-refractivity contribution in [2.45, 2.75) is 32.5 Å². The third kappa shape index (κ3) is 5.81. The molecule has 0 saturated heterocycles. The molecule has 250 valence electrons. The first-order valence-corrected chi connectivity index (χ1v) is 14.9. The second kappa shape index (κ2) is 12.3. The van der Waals surface area contributed by atoms with Crippen LogP contribution in [0, 0.1) is 25.5 Å². The van der Waals surface area contributed by atoms with Crippen LogP contribution in [-0.4, -0.2) is 37.8 Å². The third-order valence-electron chi connectivity index (χ3n) is 8.58. The Morgan fingerprint density at radius 2 is 1.55 bits per heavy atom. The maximum atomic E-state index is 15.2. The van der Waals surface area contributed by atoms with Crippen molar-refractivity contribution in [2.75, 3.05) is 0 Å². The van der Waals surface area contributed by atoms with E-state index >= 15 is 8.78 Å². The van der Waals surface area contributed by atoms with Crippen molar-refractivity contribution in [1.29, 1.82) is 0 Å². The minimum Gasteiger partial charge on any atom is -0.480 e. The number of hydrogen-bond acceptors (Lipinski definition) is 4. The number of hydrogen-bond donors (Lipinski definition) is 3. The summed E-state index contributed by atoms with van der Waals surface area (Å²) in [6.45, 7) is 3.30. The van der Waals surface area contributed by atoms with E-state index in [1.807, 2.05) is 0 Å². The van der Waals surface area contributed by atoms with Crippen molar-refractivity contribution in [3.05, 3.63) is 123 Å². The molecule has 2 aromatic heterocycles. The number of fused-ring (bicyclic) bond motifs is 2. The summed E-state index contributed by atoms with van der Waals surface area (Å²) in [5, 5.41) is 19.3. The Kier molecular flexibility index (Phi) is 8.31. The molecule has 4 aromatic carbocycles. The number of carboxylic acid groups (broad SMARTS) is 1. The SMILES string of the molecule is Cc1n[nH]c(C)c1-c1cc(F)c(C(=O)N[C@@H](Cc2cccc3c(-c4c(C(F)(F)F)c5ccccc5n(C)c4=O)cccc23)C(=O)O)c(F)c1. The predicted octanol–water partition coefficient (Wildman–Crippen LogP) is 7.09. The van der Waals surface area contributed by atoms with E-state index in [1.54, 1.807) is 19.9 Å². The second-order valence-electron chi connectivity index (χ2n) is 11.6. The van der Waals surface area contributed by atoms with Gasteiger partial charge in [-0.3, -0.25) is 14.7 Å². The van der Waals surface area contributed by atoms with Crippen molar-refractivity contribution < 1.29 is 36.6 Å². The van der Waals surface area contributed by atoms with Crippen molar-refractivity contribution in [1.82, 2.24) is 20.1 Å². The summed E-state index contributed by atoms with van der Waals surface area (Å²) in [6, 6.07) is 14.8. The molecule has 0 aliphatic carbocycles. The minimum atomic E-state index is -4.90. The number of halogens is 5. The number of benzene rings is 4. The number of rotatable bonds is 7. The standard InChI is InChI=1S/C36H27F5N4O4/c1-17-29(18(2)44-43-17)20-14-25(37)31(26(38)15-20)33(46)42-27(35(48)49)16-19-8-6-11-22-21(19)10-7-12-23(22)30-32(36(39,40)41)24-9-4-5-13-28(24)45(3)34(30)47/h4-15,27H,16H2,1-3H3,(H,42,46)(H,43,44)(H,48,49)/t27-/m0/s1. The summed E-state index contributed by atoms with van der Waals surface area (Å²) in [5.74, 6) is -5.27. The number of pyridine rings is 1. The Bertz CT molecular complexity index is 2340. The molecular weight excluding hydrogens is 647 g/mol. The van der Waals surface area contributed by atoms with Crippen LogP contribution in [0.1, 0.15) is 32.9 Å². The molecule has 1 amide bonds. The number of carbonyl (C=O) groups is 2. The molecule has 6 aromatic rings. The average Bonchev–Trinajstić information content (AvgIpc) is 3.38. The van der Waals surface area contributed by atoms with Gasteiger partial charge in [-0.1, -0.05) is 54.6 Å². The number of carbonyl (C=O) groups excluding carboxylic acids is 1. The number of alkyl halides is 3. The highest BCUT2D eigenvalue weighted by atomic mass is 19.4. The van der Waals surface area contributed by atoms with Gasteiger partial charge in [-0.15, -0.1) is 0 Å². The number of aliphatic carboxylic acids is 1. The van der Waals surface area contributed by atoms with E-state index in [4.69, 9.17) is 0 Å². The number of para-hydroxylation sites is 1. The van der Waals surface area contributed by atoms with Crippen molar-refractivity contribution in [3.8, 4) is 22.3 Å². The molecule has 1 atom stereocenters. The molecule has 0 bridgehead atoms. The molecule has 2 heterocycles. The fourth-order valence-corrected chi connectivity index (χ4v) is 6.37. The second-order valence-corrected chi connectivity index (χ2v) is 11.6. The van der Waals surface area contributed by atoms with Crippen molar-refractivity contribution in [3.63, 3.8) is 0 Å². The normalized spacial score (nSPS) is 12.4. The van der Waals surface area contributed by atoms with Crippen molar-refractivity contribution >= 4 is 33.6 Å². The lowest BCUT2D eigenvalue weighted by Crippen LogP contribution is -2.43. The smallest absolute Gasteiger partial charge is 0.417 e. The number of aromatic amines is 1. The number of nitrogens with one attached hydrogen (secondary N) is 2. The fraction of sp³-hybridized carbons (Fsp3) is 0.167. The Morgan fingerprint density at radius 3 is 2.18 bits per heavy atom. The highest BCUT2D eigenvalue weighted by Gasteiger charge is 2.38. The molecule has 49 heavy (non-hydrogen) atoms. The minimum absolute atomic E-state index is 0.0266. The average molecular weight is 675 g/mol. The molecule has 6 rings (SSSR count). The zero-order chi connectivity index (χ0) is 35.4. The van der Waals surface area contributed by atoms with Crippen LogP contribution in [0.5, 0.6) is 0 Å². The lowest BCUT2D eigenvalue weighted by atomic mass is 9.90. The maximum Gasteiger partial charge on any atom is 0.417 e. The summed E-state index contributed by atoms with van der Waals surface area (Å²) >= 11 is 0. The number of nitrogens with zero attached hydrogens (tertiary/aromatic N) is 2.